The van der Waals surface area contributed by atoms with Gasteiger partial charge in [0.15, 0.2) is 5.75 Å². The van der Waals surface area contributed by atoms with E-state index in [0.717, 1.165) is 12.1 Å². The second-order valence-electron chi connectivity index (χ2n) is 11.8. The average Bonchev–Trinajstić information content (AvgIpc) is 3.16. The van der Waals surface area contributed by atoms with Crippen molar-refractivity contribution in [2.24, 2.45) is 30.7 Å². The molecular formula is C36H31N9O9S2. The van der Waals surface area contributed by atoms with Crippen molar-refractivity contribution in [2.45, 2.75) is 9.79 Å². The molecule has 0 radical (unpaired) electrons. The molecule has 6 rings (SSSR count). The molecule has 9 N–H and O–H groups in total. The third-order valence-electron chi connectivity index (χ3n) is 8.16. The molecule has 6 aromatic rings. The smallest absolute Gasteiger partial charge is 0.296 e. The zero-order chi connectivity index (χ0) is 40.4. The fourth-order valence-electron chi connectivity index (χ4n) is 5.46. The predicted molar refractivity (Wildman–Crippen MR) is 209 cm³/mol. The van der Waals surface area contributed by atoms with Gasteiger partial charge in [0.25, 0.3) is 20.2 Å². The molecule has 0 heterocycles. The number of azo groups is 3. The van der Waals surface area contributed by atoms with Gasteiger partial charge in [-0.1, -0.05) is 30.3 Å². The van der Waals surface area contributed by atoms with E-state index in [1.54, 1.807) is 78.9 Å². The number of aromatic hydroxyl groups is 1. The molecule has 0 unspecified atom stereocenters. The maximum atomic E-state index is 12.6. The number of hydrogen-bond acceptors (Lipinski definition) is 16. The summed E-state index contributed by atoms with van der Waals surface area (Å²) < 4.78 is 81.0. The monoisotopic (exact) mass is 797 g/mol. The minimum Gasteiger partial charge on any atom is -0.505 e. The number of fused-ring (bicyclic) bond motifs is 1. The highest BCUT2D eigenvalue weighted by Crippen LogP contribution is 2.49. The first-order valence-corrected chi connectivity index (χ1v) is 18.9. The van der Waals surface area contributed by atoms with Gasteiger partial charge in [0, 0.05) is 5.69 Å². The van der Waals surface area contributed by atoms with Crippen LogP contribution in [0.25, 0.3) is 21.9 Å². The molecule has 0 fully saturated rings. The highest BCUT2D eigenvalue weighted by atomic mass is 32.2. The minimum atomic E-state index is -5.10. The summed E-state index contributed by atoms with van der Waals surface area (Å²) in [6.45, 7) is 0. The van der Waals surface area contributed by atoms with Crippen molar-refractivity contribution >= 4 is 82.2 Å². The summed E-state index contributed by atoms with van der Waals surface area (Å²) >= 11 is 0. The Morgan fingerprint density at radius 2 is 1.07 bits per heavy atom. The summed E-state index contributed by atoms with van der Waals surface area (Å²) in [6.07, 6.45) is 0. The third kappa shape index (κ3) is 8.07. The van der Waals surface area contributed by atoms with E-state index in [2.05, 4.69) is 30.7 Å². The second-order valence-corrected chi connectivity index (χ2v) is 14.6. The Hall–Kier alpha value is -7.00. The number of phenolic OH excluding ortho intramolecular Hbond substituents is 1. The molecule has 56 heavy (non-hydrogen) atoms. The van der Waals surface area contributed by atoms with Crippen LogP contribution in [0.4, 0.5) is 51.2 Å². The van der Waals surface area contributed by atoms with Crippen LogP contribution in [0.5, 0.6) is 17.2 Å². The van der Waals surface area contributed by atoms with E-state index in [-0.39, 0.29) is 27.9 Å². The summed E-state index contributed by atoms with van der Waals surface area (Å²) in [5, 5.41) is 35.1. The van der Waals surface area contributed by atoms with Gasteiger partial charge in [-0.3, -0.25) is 9.11 Å². The third-order valence-corrected chi connectivity index (χ3v) is 9.89. The van der Waals surface area contributed by atoms with E-state index in [9.17, 15) is 31.0 Å². The Morgan fingerprint density at radius 1 is 0.571 bits per heavy atom. The molecule has 0 aliphatic heterocycles. The predicted octanol–water partition coefficient (Wildman–Crippen LogP) is 8.72. The van der Waals surface area contributed by atoms with Gasteiger partial charge in [-0.25, -0.2) is 0 Å². The van der Waals surface area contributed by atoms with Crippen molar-refractivity contribution < 1.29 is 40.5 Å². The summed E-state index contributed by atoms with van der Waals surface area (Å²) in [6, 6.07) is 24.5. The van der Waals surface area contributed by atoms with E-state index < -0.39 is 52.8 Å². The zero-order valence-corrected chi connectivity index (χ0v) is 30.9. The average molecular weight is 798 g/mol. The van der Waals surface area contributed by atoms with Crippen molar-refractivity contribution in [1.29, 1.82) is 0 Å². The van der Waals surface area contributed by atoms with Gasteiger partial charge < -0.3 is 31.8 Å². The van der Waals surface area contributed by atoms with Crippen LogP contribution in [0, 0.1) is 0 Å². The fraction of sp³-hybridized carbons (Fsp3) is 0.0556. The standard InChI is InChI=1S/C36H31N9O9S2/c1-53-28-14-19(8-11-26(28)42-41-25-13-10-22(37)18-24(25)38)20-9-12-27(29(15-20)54-2)43-44-34-30(55(47,48)49)16-21-17-31(56(50,51)52)35(36(46)32(21)33(34)39)45-40-23-6-4-3-5-7-23/h3-18,46H,37-39H2,1-2H3,(H,47,48,49)(H,50,51,52). The molecule has 0 bridgehead atoms. The van der Waals surface area contributed by atoms with E-state index in [4.69, 9.17) is 26.7 Å². The lowest BCUT2D eigenvalue weighted by Gasteiger charge is -2.14. The molecule has 0 aliphatic rings. The molecule has 0 spiro atoms. The van der Waals surface area contributed by atoms with Crippen LogP contribution in [0.1, 0.15) is 0 Å². The normalized spacial score (nSPS) is 12.3. The quantitative estimate of drug-likeness (QED) is 0.0407. The lowest BCUT2D eigenvalue weighted by atomic mass is 10.0. The zero-order valence-electron chi connectivity index (χ0n) is 29.3. The van der Waals surface area contributed by atoms with E-state index in [1.807, 2.05) is 0 Å². The van der Waals surface area contributed by atoms with Crippen LogP contribution in [-0.4, -0.2) is 45.3 Å². The van der Waals surface area contributed by atoms with Crippen LogP contribution in [0.3, 0.4) is 0 Å². The van der Waals surface area contributed by atoms with Crippen molar-refractivity contribution in [1.82, 2.24) is 0 Å². The van der Waals surface area contributed by atoms with Crippen LogP contribution >= 0.6 is 0 Å². The number of benzene rings is 6. The molecule has 6 aromatic carbocycles. The minimum absolute atomic E-state index is 0.0961. The summed E-state index contributed by atoms with van der Waals surface area (Å²) in [7, 11) is -7.32. The largest absolute Gasteiger partial charge is 0.505 e. The molecule has 0 saturated heterocycles. The van der Waals surface area contributed by atoms with Gasteiger partial charge in [-0.15, -0.1) is 25.6 Å². The highest BCUT2D eigenvalue weighted by molar-refractivity contribution is 7.86. The SMILES string of the molecule is COc1cc(-c2ccc(N=Nc3c(S(=O)(=O)O)cc4cc(S(=O)(=O)O)c(N=Nc5ccccc5)c(O)c4c3N)c(OC)c2)ccc1N=Nc1ccc(N)cc1N. The first-order valence-electron chi connectivity index (χ1n) is 16.0. The van der Waals surface area contributed by atoms with E-state index in [0.29, 0.717) is 39.6 Å². The Morgan fingerprint density at radius 3 is 1.61 bits per heavy atom. The van der Waals surface area contributed by atoms with Gasteiger partial charge in [0.1, 0.15) is 49.7 Å². The van der Waals surface area contributed by atoms with Gasteiger partial charge >= 0.3 is 0 Å². The molecule has 0 aliphatic carbocycles. The van der Waals surface area contributed by atoms with Crippen molar-refractivity contribution in [3.05, 3.63) is 97.1 Å². The van der Waals surface area contributed by atoms with Gasteiger partial charge in [0.05, 0.1) is 36.7 Å². The topological polar surface area (TPSA) is 300 Å². The second kappa shape index (κ2) is 15.4. The van der Waals surface area contributed by atoms with Crippen LogP contribution in [-0.2, 0) is 20.2 Å². The Bertz CT molecular complexity index is 2830. The number of nitrogen functional groups attached to an aromatic ring is 3. The van der Waals surface area contributed by atoms with Gasteiger partial charge in [0.2, 0.25) is 0 Å². The van der Waals surface area contributed by atoms with Crippen LogP contribution in [0.2, 0.25) is 0 Å². The summed E-state index contributed by atoms with van der Waals surface area (Å²) in [5.74, 6) is -0.307. The molecule has 0 aromatic heterocycles. The number of nitrogens with two attached hydrogens (primary N) is 3. The number of hydrogen-bond donors (Lipinski definition) is 6. The Labute approximate surface area is 319 Å². The fourth-order valence-corrected chi connectivity index (χ4v) is 6.79. The number of rotatable bonds is 11. The first kappa shape index (κ1) is 38.7. The number of methoxy groups -OCH3 is 2. The maximum Gasteiger partial charge on any atom is 0.296 e. The number of ether oxygens (including phenoxy) is 2. The molecule has 0 saturated carbocycles. The lowest BCUT2D eigenvalue weighted by molar-refractivity contribution is 0.415. The molecule has 286 valence electrons. The molecule has 0 amide bonds. The Balaban J connectivity index is 1.40. The molecule has 20 heteroatoms. The number of phenols is 1. The number of nitrogens with zero attached hydrogens (tertiary/aromatic N) is 6. The van der Waals surface area contributed by atoms with Crippen molar-refractivity contribution in [2.75, 3.05) is 31.4 Å². The van der Waals surface area contributed by atoms with E-state index >= 15 is 0 Å². The highest BCUT2D eigenvalue weighted by Gasteiger charge is 2.28. The van der Waals surface area contributed by atoms with Crippen LogP contribution in [0.15, 0.2) is 138 Å². The summed E-state index contributed by atoms with van der Waals surface area (Å²) in [4.78, 5) is -1.80. The molecule has 0 atom stereocenters. The maximum absolute atomic E-state index is 12.6. The molecule has 18 nitrogen and oxygen atoms in total. The Kier molecular flexibility index (Phi) is 10.6. The van der Waals surface area contributed by atoms with Crippen molar-refractivity contribution in [3.63, 3.8) is 0 Å². The van der Waals surface area contributed by atoms with Gasteiger partial charge in [-0.2, -0.15) is 21.9 Å². The van der Waals surface area contributed by atoms with Gasteiger partial charge in [-0.05, 0) is 83.2 Å². The lowest BCUT2D eigenvalue weighted by Crippen LogP contribution is -2.03. The van der Waals surface area contributed by atoms with Crippen LogP contribution < -0.4 is 26.7 Å². The molecular weight excluding hydrogens is 767 g/mol. The summed E-state index contributed by atoms with van der Waals surface area (Å²) in [5.41, 5.74) is 19.6. The number of anilines is 3. The van der Waals surface area contributed by atoms with E-state index in [1.165, 1.54) is 20.3 Å². The van der Waals surface area contributed by atoms with Crippen molar-refractivity contribution in [3.8, 4) is 28.4 Å². The first-order chi connectivity index (χ1) is 26.6.